The van der Waals surface area contributed by atoms with Gasteiger partial charge < -0.3 is 10.0 Å². The minimum absolute atomic E-state index is 0.0828. The first-order valence-corrected chi connectivity index (χ1v) is 6.42. The van der Waals surface area contributed by atoms with Crippen molar-refractivity contribution in [1.29, 1.82) is 0 Å². The molecule has 0 aliphatic carbocycles. The predicted molar refractivity (Wildman–Crippen MR) is 70.6 cm³/mol. The zero-order valence-corrected chi connectivity index (χ0v) is 11.1. The fourth-order valence-electron chi connectivity index (χ4n) is 1.88. The normalized spacial score (nSPS) is 10.9. The molecule has 0 unspecified atom stereocenters. The van der Waals surface area contributed by atoms with Crippen molar-refractivity contribution in [2.24, 2.45) is 0 Å². The molecule has 1 aromatic carbocycles. The van der Waals surface area contributed by atoms with E-state index >= 15 is 0 Å². The van der Waals surface area contributed by atoms with Crippen molar-refractivity contribution in [1.82, 2.24) is 4.90 Å². The molecular formula is C13H14FNO2S. The van der Waals surface area contributed by atoms with Crippen LogP contribution in [0.1, 0.15) is 15.2 Å². The van der Waals surface area contributed by atoms with Gasteiger partial charge in [0, 0.05) is 23.7 Å². The third kappa shape index (κ3) is 2.11. The molecule has 1 aromatic heterocycles. The van der Waals surface area contributed by atoms with Gasteiger partial charge in [-0.3, -0.25) is 4.79 Å². The molecular weight excluding hydrogens is 253 g/mol. The number of carbonyl (C=O) groups is 1. The van der Waals surface area contributed by atoms with Gasteiger partial charge in [-0.1, -0.05) is 6.07 Å². The summed E-state index contributed by atoms with van der Waals surface area (Å²) in [5.74, 6) is -0.479. The minimum Gasteiger partial charge on any atom is -0.395 e. The number of benzene rings is 1. The predicted octanol–water partition coefficient (Wildman–Crippen LogP) is 2.41. The number of carbonyl (C=O) groups excluding carboxylic acids is 1. The van der Waals surface area contributed by atoms with E-state index in [0.29, 0.717) is 15.8 Å². The second-order valence-corrected chi connectivity index (χ2v) is 5.17. The molecule has 0 saturated heterocycles. The number of amides is 1. The molecule has 3 nitrogen and oxygen atoms in total. The molecule has 1 amide bonds. The van der Waals surface area contributed by atoms with Crippen molar-refractivity contribution in [3.8, 4) is 0 Å². The number of aliphatic hydroxyl groups is 1. The molecule has 0 saturated carbocycles. The summed E-state index contributed by atoms with van der Waals surface area (Å²) in [6, 6.07) is 4.84. The number of halogens is 1. The number of thiophene rings is 1. The summed E-state index contributed by atoms with van der Waals surface area (Å²) in [4.78, 5) is 14.1. The van der Waals surface area contributed by atoms with Gasteiger partial charge in [0.1, 0.15) is 5.82 Å². The SMILES string of the molecule is Cc1c(C(=O)N(C)CCO)sc2cccc(F)c12. The van der Waals surface area contributed by atoms with Gasteiger partial charge in [-0.2, -0.15) is 0 Å². The Bertz CT molecular complexity index is 594. The molecule has 0 atom stereocenters. The summed E-state index contributed by atoms with van der Waals surface area (Å²) in [6.45, 7) is 1.94. The van der Waals surface area contributed by atoms with Gasteiger partial charge in [0.05, 0.1) is 11.5 Å². The van der Waals surface area contributed by atoms with Gasteiger partial charge >= 0.3 is 0 Å². The Morgan fingerprint density at radius 3 is 2.83 bits per heavy atom. The highest BCUT2D eigenvalue weighted by Crippen LogP contribution is 2.33. The minimum atomic E-state index is -0.301. The van der Waals surface area contributed by atoms with Crippen molar-refractivity contribution in [2.45, 2.75) is 6.92 Å². The number of hydrogen-bond donors (Lipinski definition) is 1. The third-order valence-electron chi connectivity index (χ3n) is 2.88. The van der Waals surface area contributed by atoms with Gasteiger partial charge in [-0.25, -0.2) is 4.39 Å². The van der Waals surface area contributed by atoms with Crippen LogP contribution >= 0.6 is 11.3 Å². The molecule has 0 aliphatic rings. The molecule has 1 N–H and O–H groups in total. The van der Waals surface area contributed by atoms with Crippen LogP contribution in [0.5, 0.6) is 0 Å². The molecule has 5 heteroatoms. The Labute approximate surface area is 108 Å². The maximum atomic E-state index is 13.7. The fraction of sp³-hybridized carbons (Fsp3) is 0.308. The van der Waals surface area contributed by atoms with Crippen molar-refractivity contribution in [3.63, 3.8) is 0 Å². The highest BCUT2D eigenvalue weighted by Gasteiger charge is 2.20. The molecule has 1 heterocycles. The molecule has 0 radical (unpaired) electrons. The lowest BCUT2D eigenvalue weighted by Crippen LogP contribution is -2.29. The first kappa shape index (κ1) is 13.0. The largest absolute Gasteiger partial charge is 0.395 e. The lowest BCUT2D eigenvalue weighted by atomic mass is 10.1. The quantitative estimate of drug-likeness (QED) is 0.927. The molecule has 0 fully saturated rings. The second-order valence-electron chi connectivity index (χ2n) is 4.12. The summed E-state index contributed by atoms with van der Waals surface area (Å²) in [6.07, 6.45) is 0. The van der Waals surface area contributed by atoms with E-state index in [2.05, 4.69) is 0 Å². The molecule has 96 valence electrons. The molecule has 0 bridgehead atoms. The van der Waals surface area contributed by atoms with Crippen LogP contribution in [0.15, 0.2) is 18.2 Å². The monoisotopic (exact) mass is 267 g/mol. The summed E-state index contributed by atoms with van der Waals surface area (Å²) >= 11 is 1.29. The molecule has 0 spiro atoms. The van der Waals surface area contributed by atoms with Crippen LogP contribution in [-0.2, 0) is 0 Å². The van der Waals surface area contributed by atoms with Crippen LogP contribution in [-0.4, -0.2) is 36.1 Å². The second kappa shape index (κ2) is 5.04. The van der Waals surface area contributed by atoms with E-state index in [4.69, 9.17) is 5.11 Å². The number of fused-ring (bicyclic) bond motifs is 1. The maximum absolute atomic E-state index is 13.7. The van der Waals surface area contributed by atoms with Crippen LogP contribution in [0.2, 0.25) is 0 Å². The highest BCUT2D eigenvalue weighted by molar-refractivity contribution is 7.21. The van der Waals surface area contributed by atoms with E-state index in [1.165, 1.54) is 22.3 Å². The lowest BCUT2D eigenvalue weighted by molar-refractivity contribution is 0.0771. The molecule has 0 aliphatic heterocycles. The van der Waals surface area contributed by atoms with Crippen molar-refractivity contribution in [2.75, 3.05) is 20.2 Å². The Hall–Kier alpha value is -1.46. The van der Waals surface area contributed by atoms with E-state index < -0.39 is 0 Å². The third-order valence-corrected chi connectivity index (χ3v) is 4.12. The Morgan fingerprint density at radius 1 is 1.50 bits per heavy atom. The molecule has 2 rings (SSSR count). The number of nitrogens with zero attached hydrogens (tertiary/aromatic N) is 1. The van der Waals surface area contributed by atoms with E-state index in [1.807, 2.05) is 0 Å². The summed E-state index contributed by atoms with van der Waals surface area (Å²) < 4.78 is 14.5. The van der Waals surface area contributed by atoms with E-state index in [0.717, 1.165) is 4.70 Å². The summed E-state index contributed by atoms with van der Waals surface area (Å²) in [5, 5.41) is 9.35. The number of likely N-dealkylation sites (N-methyl/N-ethyl adjacent to an activating group) is 1. The zero-order valence-electron chi connectivity index (χ0n) is 10.2. The van der Waals surface area contributed by atoms with E-state index in [9.17, 15) is 9.18 Å². The van der Waals surface area contributed by atoms with E-state index in [-0.39, 0.29) is 24.9 Å². The highest BCUT2D eigenvalue weighted by atomic mass is 32.1. The van der Waals surface area contributed by atoms with Crippen LogP contribution in [0.25, 0.3) is 10.1 Å². The first-order chi connectivity index (χ1) is 8.56. The Kier molecular flexibility index (Phi) is 3.63. The molecule has 2 aromatic rings. The van der Waals surface area contributed by atoms with Crippen molar-refractivity contribution >= 4 is 27.3 Å². The average molecular weight is 267 g/mol. The number of hydrogen-bond acceptors (Lipinski definition) is 3. The van der Waals surface area contributed by atoms with Crippen molar-refractivity contribution < 1.29 is 14.3 Å². The smallest absolute Gasteiger partial charge is 0.264 e. The van der Waals surface area contributed by atoms with Gasteiger partial charge in [0.25, 0.3) is 5.91 Å². The topological polar surface area (TPSA) is 40.5 Å². The maximum Gasteiger partial charge on any atom is 0.264 e. The Balaban J connectivity index is 2.49. The summed E-state index contributed by atoms with van der Waals surface area (Å²) in [7, 11) is 1.62. The van der Waals surface area contributed by atoms with Gasteiger partial charge in [0.15, 0.2) is 0 Å². The van der Waals surface area contributed by atoms with E-state index in [1.54, 1.807) is 26.1 Å². The van der Waals surface area contributed by atoms with Crippen LogP contribution in [0, 0.1) is 12.7 Å². The fourth-order valence-corrected chi connectivity index (χ4v) is 3.10. The Morgan fingerprint density at radius 2 is 2.22 bits per heavy atom. The standard InChI is InChI=1S/C13H14FNO2S/c1-8-11-9(14)4-3-5-10(11)18-12(8)13(17)15(2)6-7-16/h3-5,16H,6-7H2,1-2H3. The average Bonchev–Trinajstić information content (AvgIpc) is 2.67. The van der Waals surface area contributed by atoms with Crippen LogP contribution in [0.4, 0.5) is 4.39 Å². The summed E-state index contributed by atoms with van der Waals surface area (Å²) in [5.41, 5.74) is 0.669. The lowest BCUT2D eigenvalue weighted by Gasteiger charge is -2.14. The number of aryl methyl sites for hydroxylation is 1. The number of rotatable bonds is 3. The van der Waals surface area contributed by atoms with Crippen LogP contribution < -0.4 is 0 Å². The molecule has 18 heavy (non-hydrogen) atoms. The van der Waals surface area contributed by atoms with Gasteiger partial charge in [-0.05, 0) is 24.6 Å². The van der Waals surface area contributed by atoms with Gasteiger partial charge in [-0.15, -0.1) is 11.3 Å². The number of aliphatic hydroxyl groups excluding tert-OH is 1. The van der Waals surface area contributed by atoms with Crippen LogP contribution in [0.3, 0.4) is 0 Å². The zero-order chi connectivity index (χ0) is 13.3. The van der Waals surface area contributed by atoms with Crippen molar-refractivity contribution in [3.05, 3.63) is 34.5 Å². The van der Waals surface area contributed by atoms with Gasteiger partial charge in [0.2, 0.25) is 0 Å². The first-order valence-electron chi connectivity index (χ1n) is 5.60.